The van der Waals surface area contributed by atoms with Gasteiger partial charge in [0, 0.05) is 11.7 Å². The first-order valence-electron chi connectivity index (χ1n) is 8.71. The van der Waals surface area contributed by atoms with Crippen molar-refractivity contribution in [2.45, 2.75) is 31.3 Å². The largest absolute Gasteiger partial charge is 0.321 e. The molecule has 2 N–H and O–H groups in total. The van der Waals surface area contributed by atoms with Gasteiger partial charge in [0.15, 0.2) is 5.69 Å². The highest BCUT2D eigenvalue weighted by Gasteiger charge is 2.16. The number of amides is 1. The first kappa shape index (κ1) is 19.7. The fourth-order valence-electron chi connectivity index (χ4n) is 2.54. The molecule has 0 bridgehead atoms. The minimum Gasteiger partial charge on any atom is -0.321 e. The van der Waals surface area contributed by atoms with Crippen LogP contribution in [0.2, 0.25) is 0 Å². The summed E-state index contributed by atoms with van der Waals surface area (Å²) in [5, 5.41) is 10.5. The van der Waals surface area contributed by atoms with Crippen LogP contribution in [0.25, 0.3) is 0 Å². The van der Waals surface area contributed by atoms with Crippen LogP contribution in [0, 0.1) is 0 Å². The maximum Gasteiger partial charge on any atom is 0.277 e. The van der Waals surface area contributed by atoms with Gasteiger partial charge in [0.25, 0.3) is 5.91 Å². The summed E-state index contributed by atoms with van der Waals surface area (Å²) in [5.41, 5.74) is 1.69. The number of carbonyl (C=O) groups is 1. The number of nitrogens with one attached hydrogen (secondary N) is 2. The average Bonchev–Trinajstić information content (AvgIpc) is 3.10. The van der Waals surface area contributed by atoms with Crippen LogP contribution < -0.4 is 10.0 Å². The Bertz CT molecular complexity index is 1040. The molecule has 1 amide bonds. The summed E-state index contributed by atoms with van der Waals surface area (Å²) < 4.78 is 28.4. The lowest BCUT2D eigenvalue weighted by molar-refractivity contribution is 0.102. The third-order valence-corrected chi connectivity index (χ3v) is 5.45. The number of rotatable bonds is 7. The number of nitrogens with zero attached hydrogens (tertiary/aromatic N) is 3. The lowest BCUT2D eigenvalue weighted by Crippen LogP contribution is -2.30. The minimum atomic E-state index is -3.57. The van der Waals surface area contributed by atoms with Crippen LogP contribution in [0.15, 0.2) is 65.7 Å². The van der Waals surface area contributed by atoms with E-state index in [9.17, 15) is 13.2 Å². The van der Waals surface area contributed by atoms with E-state index >= 15 is 0 Å². The number of benzene rings is 2. The molecule has 8 nitrogen and oxygen atoms in total. The Morgan fingerprint density at radius 2 is 1.75 bits per heavy atom. The lowest BCUT2D eigenvalue weighted by Gasteiger charge is -2.10. The molecule has 1 aromatic heterocycles. The molecule has 0 unspecified atom stereocenters. The molecule has 1 heterocycles. The highest BCUT2D eigenvalue weighted by molar-refractivity contribution is 7.89. The number of hydrogen-bond donors (Lipinski definition) is 2. The maximum atomic E-state index is 12.3. The standard InChI is InChI=1S/C19H21N5O3S/c1-14(2)22-28(26,27)17-10-8-16(9-11-17)20-19(25)18-13-24(23-21-18)12-15-6-4-3-5-7-15/h3-11,13-14,22H,12H2,1-2H3,(H,20,25). The third-order valence-electron chi connectivity index (χ3n) is 3.77. The summed E-state index contributed by atoms with van der Waals surface area (Å²) >= 11 is 0. The topological polar surface area (TPSA) is 106 Å². The monoisotopic (exact) mass is 399 g/mol. The molecule has 146 valence electrons. The summed E-state index contributed by atoms with van der Waals surface area (Å²) in [6.45, 7) is 4.00. The van der Waals surface area contributed by atoms with Crippen LogP contribution in [0.4, 0.5) is 5.69 Å². The zero-order valence-electron chi connectivity index (χ0n) is 15.5. The van der Waals surface area contributed by atoms with Crippen molar-refractivity contribution in [3.63, 3.8) is 0 Å². The summed E-state index contributed by atoms with van der Waals surface area (Å²) in [5.74, 6) is -0.421. The lowest BCUT2D eigenvalue weighted by atomic mass is 10.2. The summed E-state index contributed by atoms with van der Waals surface area (Å²) in [4.78, 5) is 12.5. The molecule has 0 fully saturated rings. The van der Waals surface area contributed by atoms with Crippen molar-refractivity contribution in [2.24, 2.45) is 0 Å². The van der Waals surface area contributed by atoms with Crippen LogP contribution in [0.5, 0.6) is 0 Å². The molecule has 28 heavy (non-hydrogen) atoms. The SMILES string of the molecule is CC(C)NS(=O)(=O)c1ccc(NC(=O)c2cn(Cc3ccccc3)nn2)cc1. The first-order valence-corrected chi connectivity index (χ1v) is 10.2. The van der Waals surface area contributed by atoms with Gasteiger partial charge in [-0.3, -0.25) is 4.79 Å². The predicted octanol–water partition coefficient (Wildman–Crippen LogP) is 2.27. The van der Waals surface area contributed by atoms with Gasteiger partial charge < -0.3 is 5.32 Å². The molecule has 0 atom stereocenters. The summed E-state index contributed by atoms with van der Waals surface area (Å²) in [6, 6.07) is 15.4. The van der Waals surface area contributed by atoms with Crippen LogP contribution in [-0.4, -0.2) is 35.4 Å². The molecule has 0 aliphatic heterocycles. The van der Waals surface area contributed by atoms with E-state index in [1.54, 1.807) is 24.7 Å². The molecule has 3 aromatic rings. The van der Waals surface area contributed by atoms with Crippen molar-refractivity contribution in [3.05, 3.63) is 72.1 Å². The molecule has 0 saturated heterocycles. The van der Waals surface area contributed by atoms with Gasteiger partial charge in [-0.1, -0.05) is 35.5 Å². The van der Waals surface area contributed by atoms with E-state index in [1.165, 1.54) is 24.3 Å². The van der Waals surface area contributed by atoms with Crippen molar-refractivity contribution in [2.75, 3.05) is 5.32 Å². The van der Waals surface area contributed by atoms with Crippen LogP contribution in [0.1, 0.15) is 29.9 Å². The highest BCUT2D eigenvalue weighted by atomic mass is 32.2. The molecular weight excluding hydrogens is 378 g/mol. The fourth-order valence-corrected chi connectivity index (χ4v) is 3.79. The Kier molecular flexibility index (Phi) is 5.86. The van der Waals surface area contributed by atoms with E-state index in [2.05, 4.69) is 20.4 Å². The summed E-state index contributed by atoms with van der Waals surface area (Å²) in [7, 11) is -3.57. The fraction of sp³-hybridized carbons (Fsp3) is 0.211. The second-order valence-corrected chi connectivity index (χ2v) is 8.26. The Labute approximate surface area is 163 Å². The van der Waals surface area contributed by atoms with Gasteiger partial charge >= 0.3 is 0 Å². The van der Waals surface area contributed by atoms with E-state index in [-0.39, 0.29) is 16.6 Å². The van der Waals surface area contributed by atoms with Crippen molar-refractivity contribution in [3.8, 4) is 0 Å². The smallest absolute Gasteiger partial charge is 0.277 e. The van der Waals surface area contributed by atoms with Crippen LogP contribution in [0.3, 0.4) is 0 Å². The quantitative estimate of drug-likeness (QED) is 0.634. The molecule has 0 spiro atoms. The number of hydrogen-bond acceptors (Lipinski definition) is 5. The van der Waals surface area contributed by atoms with Crippen molar-refractivity contribution < 1.29 is 13.2 Å². The zero-order valence-corrected chi connectivity index (χ0v) is 16.3. The van der Waals surface area contributed by atoms with Gasteiger partial charge in [-0.15, -0.1) is 5.10 Å². The predicted molar refractivity (Wildman–Crippen MR) is 105 cm³/mol. The Morgan fingerprint density at radius 3 is 2.39 bits per heavy atom. The molecular formula is C19H21N5O3S. The first-order chi connectivity index (χ1) is 13.3. The van der Waals surface area contributed by atoms with Crippen molar-refractivity contribution >= 4 is 21.6 Å². The Hall–Kier alpha value is -3.04. The van der Waals surface area contributed by atoms with Gasteiger partial charge in [-0.05, 0) is 43.7 Å². The van der Waals surface area contributed by atoms with E-state index in [4.69, 9.17) is 0 Å². The van der Waals surface area contributed by atoms with Gasteiger partial charge in [0.05, 0.1) is 17.6 Å². The average molecular weight is 399 g/mol. The zero-order chi connectivity index (χ0) is 20.1. The minimum absolute atomic E-state index is 0.132. The highest BCUT2D eigenvalue weighted by Crippen LogP contribution is 2.15. The molecule has 9 heteroatoms. The van der Waals surface area contributed by atoms with Crippen molar-refractivity contribution in [1.29, 1.82) is 0 Å². The number of carbonyl (C=O) groups excluding carboxylic acids is 1. The second-order valence-electron chi connectivity index (χ2n) is 6.54. The van der Waals surface area contributed by atoms with Gasteiger partial charge in [0.1, 0.15) is 0 Å². The number of anilines is 1. The molecule has 2 aromatic carbocycles. The molecule has 0 aliphatic carbocycles. The normalized spacial score (nSPS) is 11.5. The molecule has 0 aliphatic rings. The molecule has 0 saturated carbocycles. The van der Waals surface area contributed by atoms with Gasteiger partial charge in [0.2, 0.25) is 10.0 Å². The number of sulfonamides is 1. The number of aromatic nitrogens is 3. The third kappa shape index (κ3) is 5.02. The van der Waals surface area contributed by atoms with Gasteiger partial charge in [-0.2, -0.15) is 0 Å². The second kappa shape index (κ2) is 8.32. The van der Waals surface area contributed by atoms with E-state index < -0.39 is 15.9 Å². The Morgan fingerprint density at radius 1 is 1.07 bits per heavy atom. The molecule has 3 rings (SSSR count). The van der Waals surface area contributed by atoms with E-state index in [0.29, 0.717) is 12.2 Å². The van der Waals surface area contributed by atoms with Gasteiger partial charge in [-0.25, -0.2) is 17.8 Å². The van der Waals surface area contributed by atoms with Crippen molar-refractivity contribution in [1.82, 2.24) is 19.7 Å². The van der Waals surface area contributed by atoms with E-state index in [0.717, 1.165) is 5.56 Å². The van der Waals surface area contributed by atoms with E-state index in [1.807, 2.05) is 30.3 Å². The Balaban J connectivity index is 1.65. The maximum absolute atomic E-state index is 12.3. The van der Waals surface area contributed by atoms with Crippen LogP contribution >= 0.6 is 0 Å². The van der Waals surface area contributed by atoms with Crippen LogP contribution in [-0.2, 0) is 16.6 Å². The summed E-state index contributed by atoms with van der Waals surface area (Å²) in [6.07, 6.45) is 1.56. The molecule has 0 radical (unpaired) electrons.